The van der Waals surface area contributed by atoms with E-state index < -0.39 is 5.97 Å². The molecule has 0 heterocycles. The molecule has 0 fully saturated rings. The molecule has 2 rings (SSSR count). The Balaban J connectivity index is 0.000000251. The summed E-state index contributed by atoms with van der Waals surface area (Å²) in [5, 5.41) is 18.7. The lowest BCUT2D eigenvalue weighted by Crippen LogP contribution is -1.86. The Morgan fingerprint density at radius 2 is 1.36 bits per heavy atom. The van der Waals surface area contributed by atoms with Crippen molar-refractivity contribution in [2.75, 3.05) is 6.61 Å². The van der Waals surface area contributed by atoms with Gasteiger partial charge in [-0.15, -0.1) is 0 Å². The van der Waals surface area contributed by atoms with Crippen molar-refractivity contribution < 1.29 is 15.0 Å². The van der Waals surface area contributed by atoms with Crippen molar-refractivity contribution in [1.29, 1.82) is 0 Å². The van der Waals surface area contributed by atoms with Gasteiger partial charge in [-0.2, -0.15) is 0 Å². The predicted octanol–water partition coefficient (Wildman–Crippen LogP) is 6.09. The molecule has 3 nitrogen and oxygen atoms in total. The summed E-state index contributed by atoms with van der Waals surface area (Å²) in [5.41, 5.74) is 1.41. The third kappa shape index (κ3) is 7.51. The van der Waals surface area contributed by atoms with E-state index in [1.165, 1.54) is 6.08 Å². The van der Waals surface area contributed by atoms with Crippen LogP contribution < -0.4 is 0 Å². The van der Waals surface area contributed by atoms with Gasteiger partial charge < -0.3 is 10.2 Å². The highest BCUT2D eigenvalue weighted by Gasteiger charge is 2.01. The SMILES string of the molecule is O=C(O)/C=C/c1cccc(Cl)c1Cl.OC/C=C/c1cccc(Cl)c1Cl. The van der Waals surface area contributed by atoms with Crippen LogP contribution in [0.2, 0.25) is 20.1 Å². The van der Waals surface area contributed by atoms with Crippen molar-refractivity contribution in [2.24, 2.45) is 0 Å². The van der Waals surface area contributed by atoms with Crippen LogP contribution in [0, 0.1) is 0 Å². The van der Waals surface area contributed by atoms with E-state index in [0.29, 0.717) is 25.7 Å². The molecular formula is C18H14Cl4O3. The molecule has 2 N–H and O–H groups in total. The Hall–Kier alpha value is -1.49. The molecule has 0 aromatic heterocycles. The van der Waals surface area contributed by atoms with Crippen LogP contribution in [0.1, 0.15) is 11.1 Å². The average Bonchev–Trinajstić information content (AvgIpc) is 2.58. The number of benzene rings is 2. The Morgan fingerprint density at radius 3 is 1.80 bits per heavy atom. The standard InChI is InChI=1S/C9H6Cl2O2.C9H8Cl2O/c10-7-3-1-2-6(9(7)11)4-5-8(12)13;10-8-5-1-3-7(9(8)11)4-2-6-12/h1-5H,(H,12,13);1-5,12H,6H2/b5-4+;4-2+. The molecule has 7 heteroatoms. The summed E-state index contributed by atoms with van der Waals surface area (Å²) in [4.78, 5) is 10.2. The zero-order valence-electron chi connectivity index (χ0n) is 12.8. The number of carboxylic acid groups (broad SMARTS) is 1. The minimum Gasteiger partial charge on any atom is -0.478 e. The van der Waals surface area contributed by atoms with Gasteiger partial charge >= 0.3 is 5.97 Å². The van der Waals surface area contributed by atoms with Gasteiger partial charge in [0.25, 0.3) is 0 Å². The molecule has 0 saturated heterocycles. The van der Waals surface area contributed by atoms with E-state index in [9.17, 15) is 4.79 Å². The Kier molecular flexibility index (Phi) is 9.65. The second-order valence-electron chi connectivity index (χ2n) is 4.54. The second kappa shape index (κ2) is 11.2. The van der Waals surface area contributed by atoms with Gasteiger partial charge in [-0.1, -0.05) is 82.8 Å². The Morgan fingerprint density at radius 1 is 0.880 bits per heavy atom. The molecular weight excluding hydrogens is 406 g/mol. The van der Waals surface area contributed by atoms with Crippen molar-refractivity contribution >= 4 is 64.5 Å². The normalized spacial score (nSPS) is 10.8. The maximum Gasteiger partial charge on any atom is 0.328 e. The monoisotopic (exact) mass is 418 g/mol. The Labute approximate surface area is 165 Å². The lowest BCUT2D eigenvalue weighted by atomic mass is 10.2. The van der Waals surface area contributed by atoms with Crippen LogP contribution in [-0.4, -0.2) is 22.8 Å². The van der Waals surface area contributed by atoms with Crippen LogP contribution in [-0.2, 0) is 4.79 Å². The summed E-state index contributed by atoms with van der Waals surface area (Å²) in [6, 6.07) is 10.4. The molecule has 2 aromatic rings. The first-order valence-corrected chi connectivity index (χ1v) is 8.44. The van der Waals surface area contributed by atoms with Crippen molar-refractivity contribution in [2.45, 2.75) is 0 Å². The number of carbonyl (C=O) groups is 1. The maximum absolute atomic E-state index is 10.2. The minimum atomic E-state index is -1.02. The fourth-order valence-electron chi connectivity index (χ4n) is 1.64. The number of halogens is 4. The van der Waals surface area contributed by atoms with Crippen molar-refractivity contribution in [3.8, 4) is 0 Å². The highest BCUT2D eigenvalue weighted by molar-refractivity contribution is 6.43. The van der Waals surface area contributed by atoms with Crippen LogP contribution in [0.3, 0.4) is 0 Å². The number of hydrogen-bond acceptors (Lipinski definition) is 2. The average molecular weight is 420 g/mol. The van der Waals surface area contributed by atoms with E-state index in [1.807, 2.05) is 12.1 Å². The van der Waals surface area contributed by atoms with E-state index in [1.54, 1.807) is 36.4 Å². The molecule has 0 unspecified atom stereocenters. The number of rotatable bonds is 4. The summed E-state index contributed by atoms with van der Waals surface area (Å²) in [7, 11) is 0. The molecule has 0 radical (unpaired) electrons. The summed E-state index contributed by atoms with van der Waals surface area (Å²) in [6.45, 7) is 0.00282. The fourth-order valence-corrected chi connectivity index (χ4v) is 2.38. The largest absolute Gasteiger partial charge is 0.478 e. The molecule has 0 atom stereocenters. The number of hydrogen-bond donors (Lipinski definition) is 2. The summed E-state index contributed by atoms with van der Waals surface area (Å²) >= 11 is 23.1. The van der Waals surface area contributed by atoms with Gasteiger partial charge in [-0.25, -0.2) is 4.79 Å². The molecule has 0 saturated carbocycles. The summed E-state index contributed by atoms with van der Waals surface area (Å²) < 4.78 is 0. The molecule has 0 aliphatic carbocycles. The topological polar surface area (TPSA) is 57.5 Å². The maximum atomic E-state index is 10.2. The molecule has 0 aliphatic rings. The van der Waals surface area contributed by atoms with Crippen LogP contribution in [0.25, 0.3) is 12.2 Å². The molecule has 2 aromatic carbocycles. The zero-order chi connectivity index (χ0) is 18.8. The fraction of sp³-hybridized carbons (Fsp3) is 0.0556. The molecule has 132 valence electrons. The van der Waals surface area contributed by atoms with Crippen LogP contribution in [0.5, 0.6) is 0 Å². The van der Waals surface area contributed by atoms with Gasteiger partial charge in [-0.05, 0) is 29.3 Å². The van der Waals surface area contributed by atoms with E-state index >= 15 is 0 Å². The smallest absolute Gasteiger partial charge is 0.328 e. The van der Waals surface area contributed by atoms with Gasteiger partial charge in [-0.3, -0.25) is 0 Å². The van der Waals surface area contributed by atoms with E-state index in [2.05, 4.69) is 0 Å². The van der Waals surface area contributed by atoms with Crippen molar-refractivity contribution in [3.63, 3.8) is 0 Å². The Bertz CT molecular complexity index is 786. The molecule has 0 spiro atoms. The van der Waals surface area contributed by atoms with Gasteiger partial charge in [0, 0.05) is 6.08 Å². The molecule has 0 aliphatic heterocycles. The number of carboxylic acids is 1. The third-order valence-corrected chi connectivity index (χ3v) is 4.44. The molecule has 25 heavy (non-hydrogen) atoms. The first-order valence-electron chi connectivity index (χ1n) is 6.93. The first-order chi connectivity index (χ1) is 11.9. The second-order valence-corrected chi connectivity index (χ2v) is 6.11. The van der Waals surface area contributed by atoms with Crippen molar-refractivity contribution in [1.82, 2.24) is 0 Å². The van der Waals surface area contributed by atoms with Crippen LogP contribution in [0.15, 0.2) is 48.6 Å². The molecule has 0 amide bonds. The number of aliphatic carboxylic acids is 1. The third-order valence-electron chi connectivity index (χ3n) is 2.77. The van der Waals surface area contributed by atoms with Gasteiger partial charge in [0.2, 0.25) is 0 Å². The van der Waals surface area contributed by atoms with E-state index in [0.717, 1.165) is 11.6 Å². The lowest BCUT2D eigenvalue weighted by Gasteiger charge is -1.98. The summed E-state index contributed by atoms with van der Waals surface area (Å²) in [6.07, 6.45) is 5.75. The van der Waals surface area contributed by atoms with E-state index in [-0.39, 0.29) is 6.61 Å². The quantitative estimate of drug-likeness (QED) is 0.589. The van der Waals surface area contributed by atoms with Gasteiger partial charge in [0.15, 0.2) is 0 Å². The molecule has 0 bridgehead atoms. The lowest BCUT2D eigenvalue weighted by molar-refractivity contribution is -0.131. The van der Waals surface area contributed by atoms with Gasteiger partial charge in [0.1, 0.15) is 0 Å². The predicted molar refractivity (Wildman–Crippen MR) is 106 cm³/mol. The highest BCUT2D eigenvalue weighted by atomic mass is 35.5. The van der Waals surface area contributed by atoms with E-state index in [4.69, 9.17) is 56.6 Å². The van der Waals surface area contributed by atoms with Crippen molar-refractivity contribution in [3.05, 3.63) is 79.8 Å². The van der Waals surface area contributed by atoms with Crippen LogP contribution in [0.4, 0.5) is 0 Å². The first kappa shape index (κ1) is 21.6. The van der Waals surface area contributed by atoms with Crippen LogP contribution >= 0.6 is 46.4 Å². The zero-order valence-corrected chi connectivity index (χ0v) is 15.8. The van der Waals surface area contributed by atoms with Gasteiger partial charge in [0.05, 0.1) is 26.7 Å². The minimum absolute atomic E-state index is 0.00282. The number of aliphatic hydroxyl groups excluding tert-OH is 1. The number of aliphatic hydroxyl groups is 1. The summed E-state index contributed by atoms with van der Waals surface area (Å²) in [5.74, 6) is -1.02. The highest BCUT2D eigenvalue weighted by Crippen LogP contribution is 2.27.